The van der Waals surface area contributed by atoms with Gasteiger partial charge in [-0.2, -0.15) is 0 Å². The third-order valence-corrected chi connectivity index (χ3v) is 6.58. The van der Waals surface area contributed by atoms with Crippen LogP contribution in [0.5, 0.6) is 0 Å². The minimum absolute atomic E-state index is 0.121. The number of nitrogens with zero attached hydrogens (tertiary/aromatic N) is 2. The van der Waals surface area contributed by atoms with Gasteiger partial charge >= 0.3 is 0 Å². The zero-order chi connectivity index (χ0) is 21.9. The van der Waals surface area contributed by atoms with Crippen LogP contribution >= 0.6 is 23.1 Å². The molecule has 0 aliphatic carbocycles. The molecule has 0 saturated heterocycles. The Hall–Kier alpha value is -3.62. The van der Waals surface area contributed by atoms with Gasteiger partial charge in [-0.1, -0.05) is 48.2 Å². The molecule has 5 rings (SSSR count). The number of nitrogens with one attached hydrogen (secondary N) is 1. The van der Waals surface area contributed by atoms with Gasteiger partial charge in [0.2, 0.25) is 5.91 Å². The van der Waals surface area contributed by atoms with Crippen LogP contribution < -0.4 is 10.9 Å². The van der Waals surface area contributed by atoms with Crippen LogP contribution in [0.25, 0.3) is 27.2 Å². The lowest BCUT2D eigenvalue weighted by Crippen LogP contribution is -2.22. The maximum Gasteiger partial charge on any atom is 0.268 e. The first-order valence-electron chi connectivity index (χ1n) is 9.82. The monoisotopic (exact) mass is 459 g/mol. The standard InChI is InChI=1S/C24H17N3O3S2/c28-20(25-16-8-3-1-4-9-16)15-32-24-26-22-21(18(14-31-22)19-12-7-13-30-19)23(29)27(24)17-10-5-2-6-11-17/h1-14H,15H2,(H,25,28). The van der Waals surface area contributed by atoms with E-state index in [0.29, 0.717) is 26.8 Å². The molecule has 0 bridgehead atoms. The van der Waals surface area contributed by atoms with E-state index in [9.17, 15) is 9.59 Å². The highest BCUT2D eigenvalue weighted by Gasteiger charge is 2.20. The molecule has 1 N–H and O–H groups in total. The van der Waals surface area contributed by atoms with Crippen molar-refractivity contribution < 1.29 is 9.21 Å². The molecule has 0 aliphatic heterocycles. The van der Waals surface area contributed by atoms with E-state index >= 15 is 0 Å². The molecule has 2 aromatic carbocycles. The van der Waals surface area contributed by atoms with Crippen molar-refractivity contribution in [3.8, 4) is 17.0 Å². The van der Waals surface area contributed by atoms with Crippen molar-refractivity contribution >= 4 is 44.9 Å². The quantitative estimate of drug-likeness (QED) is 0.270. The zero-order valence-electron chi connectivity index (χ0n) is 16.7. The van der Waals surface area contributed by atoms with Gasteiger partial charge in [0.05, 0.1) is 23.1 Å². The number of thioether (sulfide) groups is 1. The van der Waals surface area contributed by atoms with Gasteiger partial charge in [-0.3, -0.25) is 14.2 Å². The molecule has 0 unspecified atom stereocenters. The van der Waals surface area contributed by atoms with Crippen LogP contribution in [0.4, 0.5) is 5.69 Å². The van der Waals surface area contributed by atoms with Crippen LogP contribution in [0.2, 0.25) is 0 Å². The number of carbonyl (C=O) groups excluding carboxylic acids is 1. The number of benzene rings is 2. The lowest BCUT2D eigenvalue weighted by Gasteiger charge is -2.12. The third-order valence-electron chi connectivity index (χ3n) is 4.77. The number of carbonyl (C=O) groups is 1. The highest BCUT2D eigenvalue weighted by Crippen LogP contribution is 2.33. The summed E-state index contributed by atoms with van der Waals surface area (Å²) in [6.45, 7) is 0. The van der Waals surface area contributed by atoms with Crippen molar-refractivity contribution in [3.63, 3.8) is 0 Å². The van der Waals surface area contributed by atoms with Crippen molar-refractivity contribution in [2.45, 2.75) is 5.16 Å². The van der Waals surface area contributed by atoms with E-state index in [1.54, 1.807) is 16.9 Å². The zero-order valence-corrected chi connectivity index (χ0v) is 18.4. The average Bonchev–Trinajstić information content (AvgIpc) is 3.49. The van der Waals surface area contributed by atoms with Crippen LogP contribution in [0.15, 0.2) is 98.8 Å². The second-order valence-corrected chi connectivity index (χ2v) is 8.68. The van der Waals surface area contributed by atoms with E-state index in [0.717, 1.165) is 11.3 Å². The Balaban J connectivity index is 1.54. The van der Waals surface area contributed by atoms with Gasteiger partial charge in [-0.25, -0.2) is 4.98 Å². The Bertz CT molecular complexity index is 1430. The molecule has 8 heteroatoms. The van der Waals surface area contributed by atoms with Gasteiger partial charge in [0.25, 0.3) is 5.56 Å². The maximum atomic E-state index is 13.6. The van der Waals surface area contributed by atoms with Crippen molar-refractivity contribution in [1.29, 1.82) is 0 Å². The number of hydrogen-bond donors (Lipinski definition) is 1. The molecule has 3 heterocycles. The molecule has 0 spiro atoms. The summed E-state index contributed by atoms with van der Waals surface area (Å²) in [5.41, 5.74) is 1.94. The Labute approximate surface area is 191 Å². The molecule has 6 nitrogen and oxygen atoms in total. The van der Waals surface area contributed by atoms with Gasteiger partial charge in [0.1, 0.15) is 10.6 Å². The first-order chi connectivity index (χ1) is 15.7. The second-order valence-electron chi connectivity index (χ2n) is 6.88. The number of amides is 1. The van der Waals surface area contributed by atoms with E-state index in [1.807, 2.05) is 72.1 Å². The first kappa shape index (κ1) is 20.3. The fraction of sp³-hybridized carbons (Fsp3) is 0.0417. The van der Waals surface area contributed by atoms with Crippen LogP contribution in [-0.4, -0.2) is 21.2 Å². The largest absolute Gasteiger partial charge is 0.464 e. The summed E-state index contributed by atoms with van der Waals surface area (Å²) >= 11 is 2.61. The Morgan fingerprint density at radius 2 is 1.78 bits per heavy atom. The Morgan fingerprint density at radius 3 is 2.50 bits per heavy atom. The van der Waals surface area contributed by atoms with E-state index in [4.69, 9.17) is 9.40 Å². The summed E-state index contributed by atoms with van der Waals surface area (Å²) in [6, 6.07) is 22.2. The Kier molecular flexibility index (Phi) is 5.62. The molecule has 3 aromatic heterocycles. The fourth-order valence-corrected chi connectivity index (χ4v) is 5.12. The van der Waals surface area contributed by atoms with Crippen molar-refractivity contribution in [3.05, 3.63) is 94.8 Å². The van der Waals surface area contributed by atoms with Gasteiger partial charge in [-0.05, 0) is 36.4 Å². The minimum atomic E-state index is -0.195. The summed E-state index contributed by atoms with van der Waals surface area (Å²) in [7, 11) is 0. The molecule has 0 radical (unpaired) electrons. The molecule has 0 aliphatic rings. The number of thiophene rings is 1. The van der Waals surface area contributed by atoms with Crippen molar-refractivity contribution in [2.75, 3.05) is 11.1 Å². The SMILES string of the molecule is O=C(CSc1nc2scc(-c3ccco3)c2c(=O)n1-c1ccccc1)Nc1ccccc1. The van der Waals surface area contributed by atoms with Gasteiger partial charge in [-0.15, -0.1) is 11.3 Å². The number of hydrogen-bond acceptors (Lipinski definition) is 6. The minimum Gasteiger partial charge on any atom is -0.464 e. The summed E-state index contributed by atoms with van der Waals surface area (Å²) in [5, 5.41) is 5.71. The number of anilines is 1. The molecule has 5 aromatic rings. The van der Waals surface area contributed by atoms with Gasteiger partial charge in [0.15, 0.2) is 5.16 Å². The van der Waals surface area contributed by atoms with Crippen molar-refractivity contribution in [1.82, 2.24) is 9.55 Å². The molecular formula is C24H17N3O3S2. The molecule has 0 fully saturated rings. The maximum absolute atomic E-state index is 13.6. The van der Waals surface area contributed by atoms with Gasteiger partial charge < -0.3 is 9.73 Å². The fourth-order valence-electron chi connectivity index (χ4n) is 3.34. The van der Waals surface area contributed by atoms with Crippen LogP contribution in [0.3, 0.4) is 0 Å². The van der Waals surface area contributed by atoms with E-state index in [2.05, 4.69) is 5.32 Å². The molecule has 158 valence electrons. The lowest BCUT2D eigenvalue weighted by molar-refractivity contribution is -0.113. The van der Waals surface area contributed by atoms with Crippen LogP contribution in [0.1, 0.15) is 0 Å². The smallest absolute Gasteiger partial charge is 0.268 e. The highest BCUT2D eigenvalue weighted by molar-refractivity contribution is 7.99. The molecule has 1 amide bonds. The van der Waals surface area contributed by atoms with Crippen LogP contribution in [0, 0.1) is 0 Å². The Morgan fingerprint density at radius 1 is 1.03 bits per heavy atom. The highest BCUT2D eigenvalue weighted by atomic mass is 32.2. The molecule has 32 heavy (non-hydrogen) atoms. The number of furan rings is 1. The lowest BCUT2D eigenvalue weighted by atomic mass is 10.2. The summed E-state index contributed by atoms with van der Waals surface area (Å²) in [4.78, 5) is 31.5. The molecule has 0 saturated carbocycles. The average molecular weight is 460 g/mol. The second kappa shape index (κ2) is 8.86. The van der Waals surface area contributed by atoms with E-state index in [1.165, 1.54) is 23.1 Å². The molecular weight excluding hydrogens is 442 g/mol. The predicted octanol–water partition coefficient (Wildman–Crippen LogP) is 5.44. The predicted molar refractivity (Wildman–Crippen MR) is 129 cm³/mol. The number of aromatic nitrogens is 2. The molecule has 0 atom stereocenters. The summed E-state index contributed by atoms with van der Waals surface area (Å²) in [6.07, 6.45) is 1.58. The first-order valence-corrected chi connectivity index (χ1v) is 11.7. The summed E-state index contributed by atoms with van der Waals surface area (Å²) in [5.74, 6) is 0.575. The van der Waals surface area contributed by atoms with E-state index < -0.39 is 0 Å². The third kappa shape index (κ3) is 3.98. The van der Waals surface area contributed by atoms with Crippen LogP contribution in [-0.2, 0) is 4.79 Å². The topological polar surface area (TPSA) is 77.1 Å². The van der Waals surface area contributed by atoms with E-state index in [-0.39, 0.29) is 17.2 Å². The number of fused-ring (bicyclic) bond motifs is 1. The van der Waals surface area contributed by atoms with Gasteiger partial charge in [0, 0.05) is 16.6 Å². The number of rotatable bonds is 6. The van der Waals surface area contributed by atoms with Crippen molar-refractivity contribution in [2.24, 2.45) is 0 Å². The normalized spacial score (nSPS) is 11.0. The number of para-hydroxylation sites is 2. The summed E-state index contributed by atoms with van der Waals surface area (Å²) < 4.78 is 7.08.